The second kappa shape index (κ2) is 3.86. The van der Waals surface area contributed by atoms with Crippen LogP contribution in [0, 0.1) is 0 Å². The van der Waals surface area contributed by atoms with Gasteiger partial charge in [-0.3, -0.25) is 0 Å². The van der Waals surface area contributed by atoms with Gasteiger partial charge in [-0.25, -0.2) is 18.4 Å². The highest BCUT2D eigenvalue weighted by atomic mass is 32.2. The van der Waals surface area contributed by atoms with Crippen LogP contribution in [0.3, 0.4) is 0 Å². The van der Waals surface area contributed by atoms with Crippen LogP contribution in [0.2, 0.25) is 0 Å². The van der Waals surface area contributed by atoms with E-state index in [9.17, 15) is 13.5 Å². The predicted octanol–water partition coefficient (Wildman–Crippen LogP) is 0.333. The third-order valence-electron chi connectivity index (χ3n) is 2.51. The summed E-state index contributed by atoms with van der Waals surface area (Å²) in [5, 5.41) is 9.92. The first kappa shape index (κ1) is 12.1. The standard InChI is InChI=1S/C9H14N2O3S/c1-9(2,15(3,13)14)8(12)7-4-10-6-11-5-7/h4-6,8,12H,1-3H3. The van der Waals surface area contributed by atoms with Crippen molar-refractivity contribution in [3.05, 3.63) is 24.3 Å². The van der Waals surface area contributed by atoms with Crippen molar-refractivity contribution in [1.82, 2.24) is 9.97 Å². The van der Waals surface area contributed by atoms with Gasteiger partial charge in [-0.15, -0.1) is 0 Å². The molecule has 0 aliphatic heterocycles. The second-order valence-corrected chi connectivity index (χ2v) is 6.55. The molecule has 0 radical (unpaired) electrons. The zero-order chi connectivity index (χ0) is 11.7. The van der Waals surface area contributed by atoms with Crippen molar-refractivity contribution in [3.63, 3.8) is 0 Å². The van der Waals surface area contributed by atoms with Gasteiger partial charge in [0.05, 0.1) is 4.75 Å². The Morgan fingerprint density at radius 2 is 1.80 bits per heavy atom. The van der Waals surface area contributed by atoms with E-state index in [-0.39, 0.29) is 0 Å². The monoisotopic (exact) mass is 230 g/mol. The van der Waals surface area contributed by atoms with Crippen molar-refractivity contribution >= 4 is 9.84 Å². The Labute approximate surface area is 89.1 Å². The summed E-state index contributed by atoms with van der Waals surface area (Å²) in [6, 6.07) is 0. The Balaban J connectivity index is 3.11. The number of aliphatic hydroxyl groups excluding tert-OH is 1. The van der Waals surface area contributed by atoms with Crippen molar-refractivity contribution in [2.24, 2.45) is 0 Å². The lowest BCUT2D eigenvalue weighted by Crippen LogP contribution is -2.37. The fourth-order valence-corrected chi connectivity index (χ4v) is 1.60. The SMILES string of the molecule is CC(C)(C(O)c1cncnc1)S(C)(=O)=O. The molecule has 1 rings (SSSR count). The quantitative estimate of drug-likeness (QED) is 0.809. The van der Waals surface area contributed by atoms with E-state index in [0.29, 0.717) is 5.56 Å². The van der Waals surface area contributed by atoms with E-state index in [1.54, 1.807) is 0 Å². The van der Waals surface area contributed by atoms with Gasteiger partial charge in [0.25, 0.3) is 0 Å². The predicted molar refractivity (Wildman–Crippen MR) is 55.9 cm³/mol. The first-order chi connectivity index (χ1) is 6.77. The molecule has 6 heteroatoms. The Morgan fingerprint density at radius 3 is 2.20 bits per heavy atom. The lowest BCUT2D eigenvalue weighted by atomic mass is 10.0. The highest BCUT2D eigenvalue weighted by Crippen LogP contribution is 2.30. The van der Waals surface area contributed by atoms with Crippen LogP contribution in [-0.2, 0) is 9.84 Å². The summed E-state index contributed by atoms with van der Waals surface area (Å²) in [5.41, 5.74) is 0.396. The third-order valence-corrected chi connectivity index (χ3v) is 4.65. The van der Waals surface area contributed by atoms with E-state index in [2.05, 4.69) is 9.97 Å². The molecular formula is C9H14N2O3S. The molecule has 0 fully saturated rings. The fourth-order valence-electron chi connectivity index (χ4n) is 1.06. The van der Waals surface area contributed by atoms with Crippen molar-refractivity contribution in [3.8, 4) is 0 Å². The van der Waals surface area contributed by atoms with Gasteiger partial charge in [0.2, 0.25) is 0 Å². The smallest absolute Gasteiger partial charge is 0.155 e. The summed E-state index contributed by atoms with van der Waals surface area (Å²) in [6.45, 7) is 2.94. The molecule has 0 spiro atoms. The van der Waals surface area contributed by atoms with Gasteiger partial charge in [-0.2, -0.15) is 0 Å². The molecule has 0 aliphatic carbocycles. The molecule has 0 saturated heterocycles. The molecule has 1 aromatic heterocycles. The number of nitrogens with zero attached hydrogens (tertiary/aromatic N) is 2. The van der Waals surface area contributed by atoms with Gasteiger partial charge in [0, 0.05) is 24.2 Å². The minimum Gasteiger partial charge on any atom is -0.387 e. The minimum atomic E-state index is -3.36. The Hall–Kier alpha value is -1.01. The number of hydrogen-bond acceptors (Lipinski definition) is 5. The van der Waals surface area contributed by atoms with Gasteiger partial charge < -0.3 is 5.11 Å². The van der Waals surface area contributed by atoms with Gasteiger partial charge in [-0.05, 0) is 13.8 Å². The van der Waals surface area contributed by atoms with E-state index in [1.807, 2.05) is 0 Å². The highest BCUT2D eigenvalue weighted by Gasteiger charge is 2.39. The lowest BCUT2D eigenvalue weighted by molar-refractivity contribution is 0.138. The molecule has 1 N–H and O–H groups in total. The maximum absolute atomic E-state index is 11.5. The summed E-state index contributed by atoms with van der Waals surface area (Å²) in [6.07, 6.45) is 4.10. The topological polar surface area (TPSA) is 80.2 Å². The molecule has 1 atom stereocenters. The molecule has 0 amide bonds. The van der Waals surface area contributed by atoms with Crippen molar-refractivity contribution < 1.29 is 13.5 Å². The molecule has 15 heavy (non-hydrogen) atoms. The van der Waals surface area contributed by atoms with E-state index in [4.69, 9.17) is 0 Å². The number of sulfone groups is 1. The molecule has 0 aliphatic rings. The minimum absolute atomic E-state index is 0.396. The number of aliphatic hydroxyl groups is 1. The largest absolute Gasteiger partial charge is 0.387 e. The molecule has 1 aromatic rings. The molecule has 0 saturated carbocycles. The highest BCUT2D eigenvalue weighted by molar-refractivity contribution is 7.92. The lowest BCUT2D eigenvalue weighted by Gasteiger charge is -2.28. The van der Waals surface area contributed by atoms with Gasteiger partial charge in [-0.1, -0.05) is 0 Å². The first-order valence-electron chi connectivity index (χ1n) is 4.39. The third kappa shape index (κ3) is 2.32. The number of hydrogen-bond donors (Lipinski definition) is 1. The zero-order valence-electron chi connectivity index (χ0n) is 8.88. The Kier molecular flexibility index (Phi) is 3.11. The summed E-state index contributed by atoms with van der Waals surface area (Å²) in [7, 11) is -3.36. The van der Waals surface area contributed by atoms with E-state index >= 15 is 0 Å². The van der Waals surface area contributed by atoms with Gasteiger partial charge >= 0.3 is 0 Å². The Bertz CT molecular complexity index is 428. The maximum Gasteiger partial charge on any atom is 0.155 e. The van der Waals surface area contributed by atoms with E-state index < -0.39 is 20.7 Å². The first-order valence-corrected chi connectivity index (χ1v) is 6.28. The zero-order valence-corrected chi connectivity index (χ0v) is 9.69. The number of rotatable bonds is 3. The normalized spacial score (nSPS) is 14.9. The van der Waals surface area contributed by atoms with E-state index in [0.717, 1.165) is 6.26 Å². The summed E-state index contributed by atoms with van der Waals surface area (Å²) >= 11 is 0. The van der Waals surface area contributed by atoms with Crippen LogP contribution in [-0.4, -0.2) is 34.5 Å². The van der Waals surface area contributed by atoms with Crippen LogP contribution < -0.4 is 0 Å². The van der Waals surface area contributed by atoms with Crippen LogP contribution >= 0.6 is 0 Å². The van der Waals surface area contributed by atoms with Crippen LogP contribution in [0.25, 0.3) is 0 Å². The van der Waals surface area contributed by atoms with Gasteiger partial charge in [0.1, 0.15) is 12.4 Å². The molecule has 5 nitrogen and oxygen atoms in total. The van der Waals surface area contributed by atoms with Crippen molar-refractivity contribution in [2.45, 2.75) is 24.7 Å². The average molecular weight is 230 g/mol. The van der Waals surface area contributed by atoms with Crippen LogP contribution in [0.5, 0.6) is 0 Å². The van der Waals surface area contributed by atoms with Crippen molar-refractivity contribution in [1.29, 1.82) is 0 Å². The molecule has 1 unspecified atom stereocenters. The van der Waals surface area contributed by atoms with Crippen LogP contribution in [0.4, 0.5) is 0 Å². The van der Waals surface area contributed by atoms with Crippen LogP contribution in [0.1, 0.15) is 25.5 Å². The number of aromatic nitrogens is 2. The van der Waals surface area contributed by atoms with Gasteiger partial charge in [0.15, 0.2) is 9.84 Å². The van der Waals surface area contributed by atoms with Crippen LogP contribution in [0.15, 0.2) is 18.7 Å². The molecule has 1 heterocycles. The van der Waals surface area contributed by atoms with E-state index in [1.165, 1.54) is 32.6 Å². The van der Waals surface area contributed by atoms with Crippen molar-refractivity contribution in [2.75, 3.05) is 6.26 Å². The second-order valence-electron chi connectivity index (χ2n) is 3.95. The molecule has 0 bridgehead atoms. The Morgan fingerprint density at radius 1 is 1.33 bits per heavy atom. The maximum atomic E-state index is 11.5. The summed E-state index contributed by atoms with van der Waals surface area (Å²) in [4.78, 5) is 7.47. The summed E-state index contributed by atoms with van der Waals surface area (Å²) in [5.74, 6) is 0. The summed E-state index contributed by atoms with van der Waals surface area (Å²) < 4.78 is 21.7. The average Bonchev–Trinajstić information content (AvgIpc) is 2.16. The fraction of sp³-hybridized carbons (Fsp3) is 0.556. The molecule has 0 aromatic carbocycles. The molecular weight excluding hydrogens is 216 g/mol. The molecule has 84 valence electrons.